The number of aliphatic hydroxyl groups excluding tert-OH is 1. The molecule has 2 atom stereocenters. The van der Waals surface area contributed by atoms with E-state index in [-0.39, 0.29) is 6.10 Å². The summed E-state index contributed by atoms with van der Waals surface area (Å²) < 4.78 is 1.83. The molecule has 2 unspecified atom stereocenters. The van der Waals surface area contributed by atoms with Crippen LogP contribution in [-0.4, -0.2) is 39.5 Å². The highest BCUT2D eigenvalue weighted by molar-refractivity contribution is 5.63. The first-order valence-electron chi connectivity index (χ1n) is 8.46. The van der Waals surface area contributed by atoms with Gasteiger partial charge < -0.3 is 10.0 Å². The Hall–Kier alpha value is -2.16. The summed E-state index contributed by atoms with van der Waals surface area (Å²) in [4.78, 5) is 2.27. The van der Waals surface area contributed by atoms with E-state index in [1.165, 1.54) is 0 Å². The molecule has 0 saturated heterocycles. The number of aryl methyl sites for hydroxylation is 1. The molecule has 0 spiro atoms. The summed E-state index contributed by atoms with van der Waals surface area (Å²) in [6.45, 7) is 1.70. The van der Waals surface area contributed by atoms with Crippen LogP contribution >= 0.6 is 0 Å². The van der Waals surface area contributed by atoms with Crippen LogP contribution in [0.4, 0.5) is 0 Å². The van der Waals surface area contributed by atoms with E-state index in [0.717, 1.165) is 49.2 Å². The van der Waals surface area contributed by atoms with Crippen molar-refractivity contribution in [1.29, 1.82) is 5.26 Å². The molecule has 1 aromatic carbocycles. The van der Waals surface area contributed by atoms with Crippen LogP contribution in [0.2, 0.25) is 0 Å². The summed E-state index contributed by atoms with van der Waals surface area (Å²) in [5, 5.41) is 23.6. The smallest absolute Gasteiger partial charge is 0.0991 e. The third-order valence-corrected chi connectivity index (χ3v) is 4.80. The lowest BCUT2D eigenvalue weighted by atomic mass is 10.0. The number of hydrogen-bond donors (Lipinski definition) is 1. The first-order chi connectivity index (χ1) is 11.6. The van der Waals surface area contributed by atoms with Gasteiger partial charge in [-0.25, -0.2) is 0 Å². The third-order valence-electron chi connectivity index (χ3n) is 4.80. The molecular formula is C19H24N4O. The van der Waals surface area contributed by atoms with Gasteiger partial charge in [0.1, 0.15) is 0 Å². The fraction of sp³-hybridized carbons (Fsp3) is 0.474. The minimum atomic E-state index is -0.153. The van der Waals surface area contributed by atoms with Gasteiger partial charge in [-0.1, -0.05) is 18.6 Å². The van der Waals surface area contributed by atoms with Gasteiger partial charge in [-0.05, 0) is 37.9 Å². The average molecular weight is 324 g/mol. The van der Waals surface area contributed by atoms with Crippen molar-refractivity contribution in [1.82, 2.24) is 14.7 Å². The van der Waals surface area contributed by atoms with E-state index in [2.05, 4.69) is 29.3 Å². The largest absolute Gasteiger partial charge is 0.393 e. The Bertz CT molecular complexity index is 729. The van der Waals surface area contributed by atoms with Gasteiger partial charge in [-0.2, -0.15) is 10.4 Å². The van der Waals surface area contributed by atoms with E-state index in [1.807, 2.05) is 36.0 Å². The molecule has 2 aromatic rings. The third kappa shape index (κ3) is 3.66. The Morgan fingerprint density at radius 1 is 1.33 bits per heavy atom. The SMILES string of the molecule is CN(Cc1cn(C)nc1-c1ccc(C#N)cc1)CC1CCCC1O. The van der Waals surface area contributed by atoms with Crippen molar-refractivity contribution in [2.24, 2.45) is 13.0 Å². The zero-order valence-electron chi connectivity index (χ0n) is 14.3. The van der Waals surface area contributed by atoms with Crippen molar-refractivity contribution >= 4 is 0 Å². The van der Waals surface area contributed by atoms with Crippen LogP contribution in [0.15, 0.2) is 30.5 Å². The number of nitriles is 1. The monoisotopic (exact) mass is 324 g/mol. The van der Waals surface area contributed by atoms with Gasteiger partial charge in [0.05, 0.1) is 23.4 Å². The highest BCUT2D eigenvalue weighted by Gasteiger charge is 2.26. The first-order valence-corrected chi connectivity index (χ1v) is 8.46. The summed E-state index contributed by atoms with van der Waals surface area (Å²) >= 11 is 0. The Kier molecular flexibility index (Phi) is 4.98. The number of nitrogens with zero attached hydrogens (tertiary/aromatic N) is 4. The molecule has 1 aliphatic carbocycles. The molecule has 3 rings (SSSR count). The quantitative estimate of drug-likeness (QED) is 0.918. The van der Waals surface area contributed by atoms with Crippen molar-refractivity contribution in [3.05, 3.63) is 41.6 Å². The van der Waals surface area contributed by atoms with Crippen molar-refractivity contribution in [3.8, 4) is 17.3 Å². The molecule has 5 heteroatoms. The fourth-order valence-corrected chi connectivity index (χ4v) is 3.58. The predicted octanol–water partition coefficient (Wildman–Crippen LogP) is 2.55. The van der Waals surface area contributed by atoms with Gasteiger partial charge in [-0.3, -0.25) is 4.68 Å². The Morgan fingerprint density at radius 2 is 2.08 bits per heavy atom. The molecule has 1 saturated carbocycles. The van der Waals surface area contributed by atoms with E-state index in [1.54, 1.807) is 0 Å². The number of rotatable bonds is 5. The van der Waals surface area contributed by atoms with Gasteiger partial charge in [0.25, 0.3) is 0 Å². The Labute approximate surface area is 143 Å². The summed E-state index contributed by atoms with van der Waals surface area (Å²) in [6.07, 6.45) is 5.07. The zero-order chi connectivity index (χ0) is 17.1. The van der Waals surface area contributed by atoms with Crippen molar-refractivity contribution in [2.75, 3.05) is 13.6 Å². The maximum Gasteiger partial charge on any atom is 0.0991 e. The van der Waals surface area contributed by atoms with E-state index < -0.39 is 0 Å². The molecule has 0 amide bonds. The maximum atomic E-state index is 10.0. The van der Waals surface area contributed by atoms with Crippen molar-refractivity contribution < 1.29 is 5.11 Å². The summed E-state index contributed by atoms with van der Waals surface area (Å²) in [5.41, 5.74) is 3.81. The fourth-order valence-electron chi connectivity index (χ4n) is 3.58. The van der Waals surface area contributed by atoms with E-state index in [9.17, 15) is 5.11 Å². The molecule has 126 valence electrons. The van der Waals surface area contributed by atoms with E-state index in [4.69, 9.17) is 5.26 Å². The topological polar surface area (TPSA) is 65.1 Å². The van der Waals surface area contributed by atoms with Crippen LogP contribution in [0.5, 0.6) is 0 Å². The standard InChI is InChI=1S/C19H24N4O/c1-22(11-16-4-3-5-18(16)24)12-17-13-23(2)21-19(17)15-8-6-14(10-20)7-9-15/h6-9,13,16,18,24H,3-5,11-12H2,1-2H3. The molecule has 5 nitrogen and oxygen atoms in total. The molecule has 1 fully saturated rings. The molecule has 1 N–H and O–H groups in total. The zero-order valence-corrected chi connectivity index (χ0v) is 14.3. The lowest BCUT2D eigenvalue weighted by molar-refractivity contribution is 0.108. The van der Waals surface area contributed by atoms with Crippen LogP contribution in [0, 0.1) is 17.2 Å². The lowest BCUT2D eigenvalue weighted by Gasteiger charge is -2.23. The van der Waals surface area contributed by atoms with Crippen LogP contribution in [0.3, 0.4) is 0 Å². The van der Waals surface area contributed by atoms with Crippen molar-refractivity contribution in [3.63, 3.8) is 0 Å². The molecule has 1 heterocycles. The highest BCUT2D eigenvalue weighted by atomic mass is 16.3. The van der Waals surface area contributed by atoms with Crippen LogP contribution < -0.4 is 0 Å². The minimum Gasteiger partial charge on any atom is -0.393 e. The Balaban J connectivity index is 1.74. The van der Waals surface area contributed by atoms with Crippen LogP contribution in [-0.2, 0) is 13.6 Å². The summed E-state index contributed by atoms with van der Waals surface area (Å²) in [6, 6.07) is 9.70. The molecule has 0 aliphatic heterocycles. The number of benzene rings is 1. The molecule has 1 aliphatic rings. The highest BCUT2D eigenvalue weighted by Crippen LogP contribution is 2.28. The van der Waals surface area contributed by atoms with Crippen LogP contribution in [0.25, 0.3) is 11.3 Å². The summed E-state index contributed by atoms with van der Waals surface area (Å²) in [5.74, 6) is 0.380. The number of aliphatic hydroxyl groups is 1. The first kappa shape index (κ1) is 16.7. The van der Waals surface area contributed by atoms with Crippen LogP contribution in [0.1, 0.15) is 30.4 Å². The minimum absolute atomic E-state index is 0.153. The molecule has 0 bridgehead atoms. The average Bonchev–Trinajstić information content (AvgIpc) is 3.13. The van der Waals surface area contributed by atoms with E-state index in [0.29, 0.717) is 11.5 Å². The number of hydrogen-bond acceptors (Lipinski definition) is 4. The number of aromatic nitrogens is 2. The van der Waals surface area contributed by atoms with Gasteiger partial charge in [0, 0.05) is 37.5 Å². The summed E-state index contributed by atoms with van der Waals surface area (Å²) in [7, 11) is 4.03. The van der Waals surface area contributed by atoms with Gasteiger partial charge >= 0.3 is 0 Å². The van der Waals surface area contributed by atoms with Gasteiger partial charge in [0.2, 0.25) is 0 Å². The normalized spacial score (nSPS) is 20.5. The molecule has 24 heavy (non-hydrogen) atoms. The second-order valence-corrected chi connectivity index (χ2v) is 6.82. The molecule has 0 radical (unpaired) electrons. The van der Waals surface area contributed by atoms with E-state index >= 15 is 0 Å². The lowest BCUT2D eigenvalue weighted by Crippen LogP contribution is -2.29. The maximum absolute atomic E-state index is 10.0. The van der Waals surface area contributed by atoms with Gasteiger partial charge in [-0.15, -0.1) is 0 Å². The predicted molar refractivity (Wildman–Crippen MR) is 93.0 cm³/mol. The molecular weight excluding hydrogens is 300 g/mol. The van der Waals surface area contributed by atoms with Gasteiger partial charge in [0.15, 0.2) is 0 Å². The second kappa shape index (κ2) is 7.16. The second-order valence-electron chi connectivity index (χ2n) is 6.82. The Morgan fingerprint density at radius 3 is 2.71 bits per heavy atom. The molecule has 1 aromatic heterocycles. The van der Waals surface area contributed by atoms with Crippen molar-refractivity contribution in [2.45, 2.75) is 31.9 Å².